The van der Waals surface area contributed by atoms with Crippen LogP contribution < -0.4 is 5.32 Å². The average molecular weight is 101 g/mol. The SMILES string of the molecule is FCC1=CNCC1. The van der Waals surface area contributed by atoms with Gasteiger partial charge in [-0.3, -0.25) is 0 Å². The van der Waals surface area contributed by atoms with Crippen molar-refractivity contribution in [2.75, 3.05) is 13.2 Å². The first-order chi connectivity index (χ1) is 3.43. The number of hydrogen-bond donors (Lipinski definition) is 1. The Hall–Kier alpha value is -0.530. The van der Waals surface area contributed by atoms with Gasteiger partial charge in [0.2, 0.25) is 0 Å². The van der Waals surface area contributed by atoms with Crippen molar-refractivity contribution in [1.29, 1.82) is 0 Å². The van der Waals surface area contributed by atoms with E-state index in [0.717, 1.165) is 18.5 Å². The Balaban J connectivity index is 2.36. The summed E-state index contributed by atoms with van der Waals surface area (Å²) in [5, 5.41) is 2.92. The van der Waals surface area contributed by atoms with Gasteiger partial charge in [-0.15, -0.1) is 0 Å². The highest BCUT2D eigenvalue weighted by Gasteiger charge is 2.00. The zero-order chi connectivity index (χ0) is 5.11. The monoisotopic (exact) mass is 101 g/mol. The van der Waals surface area contributed by atoms with Gasteiger partial charge in [-0.05, 0) is 18.2 Å². The molecule has 1 heterocycles. The zero-order valence-electron chi connectivity index (χ0n) is 4.08. The molecule has 2 heteroatoms. The van der Waals surface area contributed by atoms with Crippen LogP contribution in [0.1, 0.15) is 6.42 Å². The van der Waals surface area contributed by atoms with Gasteiger partial charge in [0.1, 0.15) is 6.67 Å². The molecule has 0 fully saturated rings. The molecule has 1 rings (SSSR count). The molecule has 0 radical (unpaired) electrons. The molecular formula is C5H8FN. The molecule has 1 aliphatic heterocycles. The maximum absolute atomic E-state index is 11.6. The average Bonchev–Trinajstić information content (AvgIpc) is 2.14. The zero-order valence-corrected chi connectivity index (χ0v) is 4.08. The minimum atomic E-state index is -0.285. The minimum absolute atomic E-state index is 0.285. The smallest absolute Gasteiger partial charge is 0.112 e. The van der Waals surface area contributed by atoms with Crippen LogP contribution in [0.15, 0.2) is 11.8 Å². The molecular weight excluding hydrogens is 93.1 g/mol. The van der Waals surface area contributed by atoms with Crippen LogP contribution in [0.4, 0.5) is 4.39 Å². The van der Waals surface area contributed by atoms with Gasteiger partial charge in [-0.25, -0.2) is 4.39 Å². The van der Waals surface area contributed by atoms with Gasteiger partial charge in [0.25, 0.3) is 0 Å². The fourth-order valence-electron chi connectivity index (χ4n) is 0.627. The first-order valence-corrected chi connectivity index (χ1v) is 2.41. The van der Waals surface area contributed by atoms with Crippen LogP contribution in [-0.2, 0) is 0 Å². The van der Waals surface area contributed by atoms with Crippen LogP contribution in [0.25, 0.3) is 0 Å². The van der Waals surface area contributed by atoms with Crippen molar-refractivity contribution in [3.63, 3.8) is 0 Å². The lowest BCUT2D eigenvalue weighted by molar-refractivity contribution is 0.537. The summed E-state index contributed by atoms with van der Waals surface area (Å²) < 4.78 is 11.6. The van der Waals surface area contributed by atoms with E-state index in [1.165, 1.54) is 0 Å². The molecule has 0 bridgehead atoms. The second-order valence-electron chi connectivity index (χ2n) is 1.64. The number of rotatable bonds is 1. The van der Waals surface area contributed by atoms with Crippen molar-refractivity contribution in [1.82, 2.24) is 5.32 Å². The van der Waals surface area contributed by atoms with Gasteiger partial charge in [0.05, 0.1) is 0 Å². The van der Waals surface area contributed by atoms with Crippen LogP contribution in [0.3, 0.4) is 0 Å². The Morgan fingerprint density at radius 2 is 2.71 bits per heavy atom. The van der Waals surface area contributed by atoms with E-state index in [0.29, 0.717) is 0 Å². The van der Waals surface area contributed by atoms with Crippen molar-refractivity contribution in [3.8, 4) is 0 Å². The summed E-state index contributed by atoms with van der Waals surface area (Å²) in [6.45, 7) is 0.631. The van der Waals surface area contributed by atoms with Gasteiger partial charge in [-0.2, -0.15) is 0 Å². The highest BCUT2D eigenvalue weighted by Crippen LogP contribution is 2.03. The molecule has 0 amide bonds. The first-order valence-electron chi connectivity index (χ1n) is 2.41. The summed E-state index contributed by atoms with van der Waals surface area (Å²) >= 11 is 0. The molecule has 40 valence electrons. The molecule has 1 aliphatic rings. The van der Waals surface area contributed by atoms with Crippen molar-refractivity contribution < 1.29 is 4.39 Å². The molecule has 1 nitrogen and oxygen atoms in total. The Labute approximate surface area is 42.2 Å². The molecule has 0 aromatic rings. The Kier molecular flexibility index (Phi) is 1.29. The highest BCUT2D eigenvalue weighted by atomic mass is 19.1. The summed E-state index contributed by atoms with van der Waals surface area (Å²) in [7, 11) is 0. The van der Waals surface area contributed by atoms with E-state index in [1.807, 2.05) is 0 Å². The lowest BCUT2D eigenvalue weighted by atomic mass is 10.3. The molecule has 0 aromatic carbocycles. The predicted octanol–water partition coefficient (Wildman–Crippen LogP) is 0.833. The van der Waals surface area contributed by atoms with E-state index >= 15 is 0 Å². The largest absolute Gasteiger partial charge is 0.391 e. The molecule has 0 spiro atoms. The predicted molar refractivity (Wildman–Crippen MR) is 26.7 cm³/mol. The standard InChI is InChI=1S/C5H8FN/c6-3-5-1-2-7-4-5/h4,7H,1-3H2. The van der Waals surface area contributed by atoms with Crippen LogP contribution in [0.2, 0.25) is 0 Å². The second-order valence-corrected chi connectivity index (χ2v) is 1.64. The minimum Gasteiger partial charge on any atom is -0.391 e. The third-order valence-corrected chi connectivity index (χ3v) is 1.07. The van der Waals surface area contributed by atoms with Gasteiger partial charge < -0.3 is 5.32 Å². The van der Waals surface area contributed by atoms with Gasteiger partial charge in [-0.1, -0.05) is 0 Å². The maximum Gasteiger partial charge on any atom is 0.112 e. The fourth-order valence-corrected chi connectivity index (χ4v) is 0.627. The van der Waals surface area contributed by atoms with E-state index in [9.17, 15) is 4.39 Å². The van der Waals surface area contributed by atoms with Gasteiger partial charge >= 0.3 is 0 Å². The fraction of sp³-hybridized carbons (Fsp3) is 0.600. The molecule has 1 N–H and O–H groups in total. The lowest BCUT2D eigenvalue weighted by Crippen LogP contribution is -1.96. The third kappa shape index (κ3) is 0.918. The summed E-state index contributed by atoms with van der Waals surface area (Å²) in [6.07, 6.45) is 2.64. The molecule has 0 saturated heterocycles. The van der Waals surface area contributed by atoms with E-state index in [-0.39, 0.29) is 6.67 Å². The molecule has 0 aromatic heterocycles. The molecule has 0 aliphatic carbocycles. The molecule has 0 saturated carbocycles. The summed E-state index contributed by atoms with van der Waals surface area (Å²) in [5.41, 5.74) is 0.889. The molecule has 7 heavy (non-hydrogen) atoms. The van der Waals surface area contributed by atoms with Crippen LogP contribution in [0.5, 0.6) is 0 Å². The van der Waals surface area contributed by atoms with E-state index in [1.54, 1.807) is 6.20 Å². The number of alkyl halides is 1. The van der Waals surface area contributed by atoms with Crippen molar-refractivity contribution in [3.05, 3.63) is 11.8 Å². The van der Waals surface area contributed by atoms with Gasteiger partial charge in [0, 0.05) is 6.54 Å². The number of halogens is 1. The topological polar surface area (TPSA) is 12.0 Å². The Morgan fingerprint density at radius 3 is 3.00 bits per heavy atom. The second kappa shape index (κ2) is 1.96. The number of nitrogens with one attached hydrogen (secondary N) is 1. The molecule has 0 unspecified atom stereocenters. The van der Waals surface area contributed by atoms with Crippen molar-refractivity contribution in [2.45, 2.75) is 6.42 Å². The number of hydrogen-bond acceptors (Lipinski definition) is 1. The Morgan fingerprint density at radius 1 is 1.86 bits per heavy atom. The maximum atomic E-state index is 11.6. The van der Waals surface area contributed by atoms with Crippen molar-refractivity contribution in [2.24, 2.45) is 0 Å². The van der Waals surface area contributed by atoms with Gasteiger partial charge in [0.15, 0.2) is 0 Å². The van der Waals surface area contributed by atoms with Crippen LogP contribution in [0, 0.1) is 0 Å². The summed E-state index contributed by atoms with van der Waals surface area (Å²) in [4.78, 5) is 0. The molecule has 0 atom stereocenters. The van der Waals surface area contributed by atoms with E-state index in [4.69, 9.17) is 0 Å². The quantitative estimate of drug-likeness (QED) is 0.516. The van der Waals surface area contributed by atoms with Crippen LogP contribution >= 0.6 is 0 Å². The highest BCUT2D eigenvalue weighted by molar-refractivity contribution is 5.06. The third-order valence-electron chi connectivity index (χ3n) is 1.07. The van der Waals surface area contributed by atoms with Crippen LogP contribution in [-0.4, -0.2) is 13.2 Å². The Bertz CT molecular complexity index is 88.1. The van der Waals surface area contributed by atoms with E-state index in [2.05, 4.69) is 5.32 Å². The summed E-state index contributed by atoms with van der Waals surface area (Å²) in [6, 6.07) is 0. The lowest BCUT2D eigenvalue weighted by Gasteiger charge is -1.84. The first kappa shape index (κ1) is 4.62. The summed E-state index contributed by atoms with van der Waals surface area (Å²) in [5.74, 6) is 0. The normalized spacial score (nSPS) is 18.7. The van der Waals surface area contributed by atoms with E-state index < -0.39 is 0 Å². The van der Waals surface area contributed by atoms with Crippen molar-refractivity contribution >= 4 is 0 Å².